The molecule has 0 bridgehead atoms. The molecule has 0 atom stereocenters. The number of aryl methyl sites for hydroxylation is 1. The minimum Gasteiger partial charge on any atom is -0.355 e. The van der Waals surface area contributed by atoms with Crippen LogP contribution in [0.4, 0.5) is 0 Å². The molecule has 0 aliphatic carbocycles. The first-order chi connectivity index (χ1) is 11.0. The number of halogens is 2. The SMILES string of the molecule is Cc1ccc(SCCNC(=O)CSc2cc(Cl)ccc2Cl)cc1. The van der Waals surface area contributed by atoms with Crippen molar-refractivity contribution in [2.24, 2.45) is 0 Å². The van der Waals surface area contributed by atoms with Crippen molar-refractivity contribution in [3.8, 4) is 0 Å². The maximum Gasteiger partial charge on any atom is 0.230 e. The van der Waals surface area contributed by atoms with Crippen molar-refractivity contribution < 1.29 is 4.79 Å². The first-order valence-electron chi connectivity index (χ1n) is 7.08. The number of hydrogen-bond donors (Lipinski definition) is 1. The fraction of sp³-hybridized carbons (Fsp3) is 0.235. The molecular formula is C17H17Cl2NOS2. The Hall–Kier alpha value is -0.810. The monoisotopic (exact) mass is 385 g/mol. The second-order valence-corrected chi connectivity index (χ2v) is 7.90. The Kier molecular flexibility index (Phi) is 7.63. The molecule has 0 radical (unpaired) electrons. The molecule has 1 N–H and O–H groups in total. The van der Waals surface area contributed by atoms with Crippen molar-refractivity contribution in [3.63, 3.8) is 0 Å². The normalized spacial score (nSPS) is 10.6. The molecule has 0 aliphatic heterocycles. The van der Waals surface area contributed by atoms with Crippen molar-refractivity contribution in [2.45, 2.75) is 16.7 Å². The van der Waals surface area contributed by atoms with Crippen LogP contribution < -0.4 is 5.32 Å². The average molecular weight is 386 g/mol. The van der Waals surface area contributed by atoms with E-state index in [2.05, 4.69) is 36.5 Å². The summed E-state index contributed by atoms with van der Waals surface area (Å²) < 4.78 is 0. The molecule has 2 nitrogen and oxygen atoms in total. The molecule has 0 saturated carbocycles. The van der Waals surface area contributed by atoms with Crippen LogP contribution in [0.2, 0.25) is 10.0 Å². The molecule has 2 rings (SSSR count). The molecule has 0 aliphatic rings. The van der Waals surface area contributed by atoms with Crippen LogP contribution in [-0.2, 0) is 4.79 Å². The van der Waals surface area contributed by atoms with Crippen LogP contribution in [0.1, 0.15) is 5.56 Å². The van der Waals surface area contributed by atoms with E-state index in [4.69, 9.17) is 23.2 Å². The first kappa shape index (κ1) is 18.5. The van der Waals surface area contributed by atoms with Gasteiger partial charge < -0.3 is 5.32 Å². The van der Waals surface area contributed by atoms with Gasteiger partial charge in [0, 0.05) is 27.1 Å². The van der Waals surface area contributed by atoms with Crippen LogP contribution in [0.15, 0.2) is 52.3 Å². The lowest BCUT2D eigenvalue weighted by atomic mass is 10.2. The molecule has 23 heavy (non-hydrogen) atoms. The predicted molar refractivity (Wildman–Crippen MR) is 102 cm³/mol. The molecule has 6 heteroatoms. The summed E-state index contributed by atoms with van der Waals surface area (Å²) in [6.45, 7) is 2.71. The van der Waals surface area contributed by atoms with Crippen molar-refractivity contribution >= 4 is 52.6 Å². The maximum absolute atomic E-state index is 11.9. The van der Waals surface area contributed by atoms with Gasteiger partial charge in [-0.2, -0.15) is 0 Å². The van der Waals surface area contributed by atoms with Crippen molar-refractivity contribution in [2.75, 3.05) is 18.1 Å². The van der Waals surface area contributed by atoms with Gasteiger partial charge in [-0.1, -0.05) is 40.9 Å². The second-order valence-electron chi connectivity index (χ2n) is 4.87. The van der Waals surface area contributed by atoms with Crippen LogP contribution in [0, 0.1) is 6.92 Å². The maximum atomic E-state index is 11.9. The summed E-state index contributed by atoms with van der Waals surface area (Å²) in [7, 11) is 0. The van der Waals surface area contributed by atoms with Crippen LogP contribution in [0.25, 0.3) is 0 Å². The van der Waals surface area contributed by atoms with Gasteiger partial charge in [0.2, 0.25) is 5.91 Å². The van der Waals surface area contributed by atoms with E-state index in [1.165, 1.54) is 22.2 Å². The summed E-state index contributed by atoms with van der Waals surface area (Å²) in [6, 6.07) is 13.6. The molecular weight excluding hydrogens is 369 g/mol. The standard InChI is InChI=1S/C17H17Cl2NOS2/c1-12-2-5-14(6-3-12)22-9-8-20-17(21)11-23-16-10-13(18)4-7-15(16)19/h2-7,10H,8-9,11H2,1H3,(H,20,21). The fourth-order valence-corrected chi connectivity index (χ4v) is 3.87. The van der Waals surface area contributed by atoms with E-state index < -0.39 is 0 Å². The highest BCUT2D eigenvalue weighted by Crippen LogP contribution is 2.29. The highest BCUT2D eigenvalue weighted by Gasteiger charge is 2.06. The first-order valence-corrected chi connectivity index (χ1v) is 9.81. The van der Waals surface area contributed by atoms with Crippen LogP contribution in [0.5, 0.6) is 0 Å². The Morgan fingerprint density at radius 3 is 2.57 bits per heavy atom. The highest BCUT2D eigenvalue weighted by molar-refractivity contribution is 8.00. The van der Waals surface area contributed by atoms with Gasteiger partial charge in [0.05, 0.1) is 10.8 Å². The third-order valence-corrected chi connectivity index (χ3v) is 5.71. The Labute approximate surface area is 155 Å². The largest absolute Gasteiger partial charge is 0.355 e. The van der Waals surface area contributed by atoms with Gasteiger partial charge in [-0.15, -0.1) is 23.5 Å². The van der Waals surface area contributed by atoms with E-state index in [0.29, 0.717) is 22.3 Å². The van der Waals surface area contributed by atoms with Crippen molar-refractivity contribution in [1.29, 1.82) is 0 Å². The molecule has 0 unspecified atom stereocenters. The number of hydrogen-bond acceptors (Lipinski definition) is 3. The van der Waals surface area contributed by atoms with Gasteiger partial charge in [0.15, 0.2) is 0 Å². The van der Waals surface area contributed by atoms with Gasteiger partial charge in [0.1, 0.15) is 0 Å². The zero-order valence-corrected chi connectivity index (χ0v) is 15.8. The molecule has 0 spiro atoms. The molecule has 0 aromatic heterocycles. The van der Waals surface area contributed by atoms with Crippen molar-refractivity contribution in [1.82, 2.24) is 5.32 Å². The van der Waals surface area contributed by atoms with Crippen LogP contribution >= 0.6 is 46.7 Å². The van der Waals surface area contributed by atoms with E-state index in [1.807, 2.05) is 0 Å². The zero-order chi connectivity index (χ0) is 16.7. The molecule has 0 fully saturated rings. The van der Waals surface area contributed by atoms with Gasteiger partial charge in [-0.25, -0.2) is 0 Å². The Balaban J connectivity index is 1.67. The van der Waals surface area contributed by atoms with Crippen molar-refractivity contribution in [3.05, 3.63) is 58.1 Å². The lowest BCUT2D eigenvalue weighted by Crippen LogP contribution is -2.27. The Morgan fingerprint density at radius 1 is 1.09 bits per heavy atom. The van der Waals surface area contributed by atoms with E-state index in [1.54, 1.807) is 30.0 Å². The Bertz CT molecular complexity index is 662. The van der Waals surface area contributed by atoms with Crippen LogP contribution in [-0.4, -0.2) is 24.0 Å². The smallest absolute Gasteiger partial charge is 0.230 e. The number of rotatable bonds is 7. The third kappa shape index (κ3) is 6.68. The summed E-state index contributed by atoms with van der Waals surface area (Å²) in [5, 5.41) is 4.14. The van der Waals surface area contributed by atoms with Gasteiger partial charge >= 0.3 is 0 Å². The molecule has 122 valence electrons. The average Bonchev–Trinajstić information content (AvgIpc) is 2.54. The Morgan fingerprint density at radius 2 is 1.83 bits per heavy atom. The molecule has 0 heterocycles. The molecule has 0 saturated heterocycles. The summed E-state index contributed by atoms with van der Waals surface area (Å²) in [4.78, 5) is 13.9. The fourth-order valence-electron chi connectivity index (χ4n) is 1.78. The number of benzene rings is 2. The molecule has 2 aromatic carbocycles. The third-order valence-electron chi connectivity index (χ3n) is 2.97. The zero-order valence-electron chi connectivity index (χ0n) is 12.6. The lowest BCUT2D eigenvalue weighted by Gasteiger charge is -2.07. The molecule has 1 amide bonds. The quantitative estimate of drug-likeness (QED) is 0.517. The summed E-state index contributed by atoms with van der Waals surface area (Å²) in [5.41, 5.74) is 1.25. The highest BCUT2D eigenvalue weighted by atomic mass is 35.5. The summed E-state index contributed by atoms with van der Waals surface area (Å²) in [6.07, 6.45) is 0. The number of carbonyl (C=O) groups is 1. The van der Waals surface area contributed by atoms with E-state index >= 15 is 0 Å². The minimum atomic E-state index is -0.00412. The summed E-state index contributed by atoms with van der Waals surface area (Å²) >= 11 is 15.1. The van der Waals surface area contributed by atoms with E-state index in [-0.39, 0.29) is 5.91 Å². The number of thioether (sulfide) groups is 2. The second kappa shape index (κ2) is 9.48. The van der Waals surface area contributed by atoms with Gasteiger partial charge in [0.25, 0.3) is 0 Å². The van der Waals surface area contributed by atoms with E-state index in [0.717, 1.165) is 10.6 Å². The number of carbonyl (C=O) groups excluding carboxylic acids is 1. The van der Waals surface area contributed by atoms with Gasteiger partial charge in [-0.05, 0) is 37.3 Å². The number of nitrogens with one attached hydrogen (secondary N) is 1. The van der Waals surface area contributed by atoms with Crippen LogP contribution in [0.3, 0.4) is 0 Å². The lowest BCUT2D eigenvalue weighted by molar-refractivity contribution is -0.118. The number of amides is 1. The van der Waals surface area contributed by atoms with E-state index in [9.17, 15) is 4.79 Å². The molecule has 2 aromatic rings. The van der Waals surface area contributed by atoms with Gasteiger partial charge in [-0.3, -0.25) is 4.79 Å². The predicted octanol–water partition coefficient (Wildman–Crippen LogP) is 5.30. The summed E-state index contributed by atoms with van der Waals surface area (Å²) in [5.74, 6) is 1.17. The topological polar surface area (TPSA) is 29.1 Å². The minimum absolute atomic E-state index is 0.00412.